The number of hydrogen-bond donors (Lipinski definition) is 0. The van der Waals surface area contributed by atoms with E-state index in [1.165, 1.54) is 0 Å². The highest BCUT2D eigenvalue weighted by atomic mass is 35.5. The minimum absolute atomic E-state index is 0.158. The first-order valence-corrected chi connectivity index (χ1v) is 8.59. The van der Waals surface area contributed by atoms with E-state index in [1.807, 2.05) is 28.8 Å². The van der Waals surface area contributed by atoms with Gasteiger partial charge in [0.05, 0.1) is 11.5 Å². The van der Waals surface area contributed by atoms with Crippen molar-refractivity contribution in [3.63, 3.8) is 0 Å². The maximum absolute atomic E-state index is 11.7. The zero-order chi connectivity index (χ0) is 14.2. The molecule has 0 radical (unpaired) electrons. The second kappa shape index (κ2) is 5.18. The summed E-state index contributed by atoms with van der Waals surface area (Å²) in [6.07, 6.45) is 1.07. The van der Waals surface area contributed by atoms with E-state index in [2.05, 4.69) is 10.2 Å². The molecule has 5 nitrogen and oxygen atoms in total. The first kappa shape index (κ1) is 13.6. The van der Waals surface area contributed by atoms with Crippen molar-refractivity contribution in [1.29, 1.82) is 0 Å². The molecule has 0 saturated carbocycles. The number of benzene rings is 1. The fourth-order valence-electron chi connectivity index (χ4n) is 2.31. The van der Waals surface area contributed by atoms with Gasteiger partial charge in [0, 0.05) is 24.4 Å². The van der Waals surface area contributed by atoms with Crippen LogP contribution in [0.5, 0.6) is 0 Å². The van der Waals surface area contributed by atoms with E-state index >= 15 is 0 Å². The van der Waals surface area contributed by atoms with Gasteiger partial charge in [0.25, 0.3) is 0 Å². The lowest BCUT2D eigenvalue weighted by Crippen LogP contribution is -2.13. The molecule has 3 rings (SSSR count). The van der Waals surface area contributed by atoms with E-state index in [0.29, 0.717) is 24.4 Å². The Bertz CT molecular complexity index is 723. The van der Waals surface area contributed by atoms with Gasteiger partial charge in [-0.25, -0.2) is 8.42 Å². The Labute approximate surface area is 122 Å². The second-order valence-corrected chi connectivity index (χ2v) is 7.63. The molecule has 1 aromatic heterocycles. The molecule has 0 bridgehead atoms. The minimum Gasteiger partial charge on any atom is -0.314 e. The average Bonchev–Trinajstić information content (AvgIpc) is 2.72. The first-order valence-electron chi connectivity index (χ1n) is 6.39. The Morgan fingerprint density at radius 3 is 2.65 bits per heavy atom. The van der Waals surface area contributed by atoms with Crippen LogP contribution < -0.4 is 0 Å². The van der Waals surface area contributed by atoms with Crippen LogP contribution in [0.2, 0.25) is 5.02 Å². The molecule has 0 N–H and O–H groups in total. The van der Waals surface area contributed by atoms with Crippen molar-refractivity contribution < 1.29 is 8.42 Å². The van der Waals surface area contributed by atoms with Crippen molar-refractivity contribution in [2.24, 2.45) is 0 Å². The van der Waals surface area contributed by atoms with E-state index in [1.54, 1.807) is 0 Å². The SMILES string of the molecule is O=S1(=O)CCc2nnc(Cc3ccc(Cl)cc3)n2CC1. The zero-order valence-corrected chi connectivity index (χ0v) is 12.4. The van der Waals surface area contributed by atoms with Crippen LogP contribution in [0, 0.1) is 0 Å². The van der Waals surface area contributed by atoms with Gasteiger partial charge in [-0.15, -0.1) is 10.2 Å². The van der Waals surface area contributed by atoms with Crippen LogP contribution in [0.15, 0.2) is 24.3 Å². The van der Waals surface area contributed by atoms with E-state index in [0.717, 1.165) is 17.2 Å². The van der Waals surface area contributed by atoms with E-state index in [-0.39, 0.29) is 11.5 Å². The summed E-state index contributed by atoms with van der Waals surface area (Å²) in [6.45, 7) is 0.438. The van der Waals surface area contributed by atoms with Gasteiger partial charge in [-0.05, 0) is 17.7 Å². The molecule has 1 aliphatic rings. The fraction of sp³-hybridized carbons (Fsp3) is 0.385. The summed E-state index contributed by atoms with van der Waals surface area (Å²) in [6, 6.07) is 7.55. The zero-order valence-electron chi connectivity index (χ0n) is 10.8. The number of rotatable bonds is 2. The molecule has 0 atom stereocenters. The summed E-state index contributed by atoms with van der Waals surface area (Å²) in [5.41, 5.74) is 1.08. The monoisotopic (exact) mass is 311 g/mol. The van der Waals surface area contributed by atoms with Gasteiger partial charge in [0.15, 0.2) is 9.84 Å². The van der Waals surface area contributed by atoms with Crippen molar-refractivity contribution >= 4 is 21.4 Å². The van der Waals surface area contributed by atoms with E-state index < -0.39 is 9.84 Å². The largest absolute Gasteiger partial charge is 0.314 e. The molecule has 1 aliphatic heterocycles. The Balaban J connectivity index is 1.86. The van der Waals surface area contributed by atoms with E-state index in [9.17, 15) is 8.42 Å². The van der Waals surface area contributed by atoms with Gasteiger partial charge < -0.3 is 4.57 Å². The molecule has 1 aromatic carbocycles. The Kier molecular flexibility index (Phi) is 3.52. The summed E-state index contributed by atoms with van der Waals surface area (Å²) >= 11 is 5.86. The summed E-state index contributed by atoms with van der Waals surface area (Å²) in [4.78, 5) is 0. The van der Waals surface area contributed by atoms with Crippen LogP contribution >= 0.6 is 11.6 Å². The molecule has 0 spiro atoms. The van der Waals surface area contributed by atoms with Crippen molar-refractivity contribution in [3.05, 3.63) is 46.5 Å². The molecule has 106 valence electrons. The Morgan fingerprint density at radius 1 is 1.15 bits per heavy atom. The molecule has 0 fully saturated rings. The number of aromatic nitrogens is 3. The smallest absolute Gasteiger partial charge is 0.152 e. The summed E-state index contributed by atoms with van der Waals surface area (Å²) in [5.74, 6) is 1.88. The topological polar surface area (TPSA) is 64.8 Å². The van der Waals surface area contributed by atoms with Crippen molar-refractivity contribution in [2.45, 2.75) is 19.4 Å². The van der Waals surface area contributed by atoms with Crippen LogP contribution in [-0.4, -0.2) is 34.7 Å². The van der Waals surface area contributed by atoms with Crippen molar-refractivity contribution in [1.82, 2.24) is 14.8 Å². The maximum atomic E-state index is 11.7. The molecular weight excluding hydrogens is 298 g/mol. The third kappa shape index (κ3) is 2.86. The Hall–Kier alpha value is -1.40. The highest BCUT2D eigenvalue weighted by Crippen LogP contribution is 2.16. The van der Waals surface area contributed by atoms with Gasteiger partial charge in [-0.1, -0.05) is 23.7 Å². The molecule has 20 heavy (non-hydrogen) atoms. The molecular formula is C13H14ClN3O2S. The lowest BCUT2D eigenvalue weighted by molar-refractivity contribution is 0.592. The van der Waals surface area contributed by atoms with Gasteiger partial charge in [-0.2, -0.15) is 0 Å². The third-order valence-electron chi connectivity index (χ3n) is 3.44. The quantitative estimate of drug-likeness (QED) is 0.843. The number of sulfone groups is 1. The molecule has 0 unspecified atom stereocenters. The number of halogens is 1. The average molecular weight is 312 g/mol. The lowest BCUT2D eigenvalue weighted by Gasteiger charge is -2.06. The number of hydrogen-bond acceptors (Lipinski definition) is 4. The second-order valence-electron chi connectivity index (χ2n) is 4.89. The summed E-state index contributed by atoms with van der Waals surface area (Å²) in [7, 11) is -2.96. The standard InChI is InChI=1S/C13H14ClN3O2S/c14-11-3-1-10(2-4-11)9-13-16-15-12-5-7-20(18,19)8-6-17(12)13/h1-4H,5-9H2. The highest BCUT2D eigenvalue weighted by Gasteiger charge is 2.22. The number of nitrogens with zero attached hydrogens (tertiary/aromatic N) is 3. The number of aryl methyl sites for hydroxylation is 1. The molecule has 0 amide bonds. The summed E-state index contributed by atoms with van der Waals surface area (Å²) in [5, 5.41) is 9.00. The lowest BCUT2D eigenvalue weighted by atomic mass is 10.1. The highest BCUT2D eigenvalue weighted by molar-refractivity contribution is 7.91. The fourth-order valence-corrected chi connectivity index (χ4v) is 3.59. The van der Waals surface area contributed by atoms with Gasteiger partial charge in [0.2, 0.25) is 0 Å². The van der Waals surface area contributed by atoms with Crippen LogP contribution in [0.1, 0.15) is 17.2 Å². The van der Waals surface area contributed by atoms with Gasteiger partial charge in [-0.3, -0.25) is 0 Å². The molecule has 2 heterocycles. The van der Waals surface area contributed by atoms with Crippen molar-refractivity contribution in [2.75, 3.05) is 11.5 Å². The minimum atomic E-state index is -2.96. The normalized spacial score (nSPS) is 17.4. The van der Waals surface area contributed by atoms with Gasteiger partial charge in [0.1, 0.15) is 11.6 Å². The van der Waals surface area contributed by atoms with Crippen LogP contribution in [0.4, 0.5) is 0 Å². The Morgan fingerprint density at radius 2 is 1.90 bits per heavy atom. The van der Waals surface area contributed by atoms with Gasteiger partial charge >= 0.3 is 0 Å². The molecule has 2 aromatic rings. The van der Waals surface area contributed by atoms with Crippen molar-refractivity contribution in [3.8, 4) is 0 Å². The molecule has 0 saturated heterocycles. The van der Waals surface area contributed by atoms with Crippen LogP contribution in [0.3, 0.4) is 0 Å². The number of fused-ring (bicyclic) bond motifs is 1. The first-order chi connectivity index (χ1) is 9.53. The third-order valence-corrected chi connectivity index (χ3v) is 5.32. The van der Waals surface area contributed by atoms with Crippen LogP contribution in [0.25, 0.3) is 0 Å². The molecule has 0 aliphatic carbocycles. The predicted molar refractivity (Wildman–Crippen MR) is 76.6 cm³/mol. The van der Waals surface area contributed by atoms with E-state index in [4.69, 9.17) is 11.6 Å². The van der Waals surface area contributed by atoms with Crippen LogP contribution in [-0.2, 0) is 29.2 Å². The maximum Gasteiger partial charge on any atom is 0.152 e. The predicted octanol–water partition coefficient (Wildman–Crippen LogP) is 1.49. The molecule has 7 heteroatoms. The summed E-state index contributed by atoms with van der Waals surface area (Å²) < 4.78 is 25.3.